The number of halogens is 1. The van der Waals surface area contributed by atoms with Crippen molar-refractivity contribution in [2.75, 3.05) is 6.54 Å². The zero-order valence-electron chi connectivity index (χ0n) is 18.1. The van der Waals surface area contributed by atoms with Crippen molar-refractivity contribution in [3.63, 3.8) is 0 Å². The van der Waals surface area contributed by atoms with Gasteiger partial charge in [-0.15, -0.1) is 11.3 Å². The summed E-state index contributed by atoms with van der Waals surface area (Å²) in [5.74, 6) is 0.601. The third-order valence-electron chi connectivity index (χ3n) is 5.57. The van der Waals surface area contributed by atoms with E-state index in [1.165, 1.54) is 6.07 Å². The van der Waals surface area contributed by atoms with Crippen LogP contribution in [0.2, 0.25) is 0 Å². The molecule has 6 aromatic heterocycles. The lowest BCUT2D eigenvalue weighted by atomic mass is 10.1. The Balaban J connectivity index is 1.44. The van der Waals surface area contributed by atoms with Crippen LogP contribution in [0.15, 0.2) is 55.2 Å². The second-order valence-electron chi connectivity index (χ2n) is 7.82. The van der Waals surface area contributed by atoms with E-state index >= 15 is 0 Å². The molecule has 0 amide bonds. The predicted octanol–water partition coefficient (Wildman–Crippen LogP) is 4.94. The number of hydrogen-bond donors (Lipinski definition) is 3. The zero-order valence-corrected chi connectivity index (χ0v) is 18.9. The van der Waals surface area contributed by atoms with Gasteiger partial charge < -0.3 is 10.3 Å². The fourth-order valence-electron chi connectivity index (χ4n) is 3.93. The third kappa shape index (κ3) is 3.62. The molecule has 3 N–H and O–H groups in total. The molecule has 6 aromatic rings. The maximum absolute atomic E-state index is 13.6. The van der Waals surface area contributed by atoms with Crippen molar-refractivity contribution in [3.05, 3.63) is 65.9 Å². The quantitative estimate of drug-likeness (QED) is 0.318. The highest BCUT2D eigenvalue weighted by molar-refractivity contribution is 7.14. The van der Waals surface area contributed by atoms with Crippen LogP contribution in [0.5, 0.6) is 0 Å². The molecule has 168 valence electrons. The summed E-state index contributed by atoms with van der Waals surface area (Å²) < 4.78 is 13.6. The Morgan fingerprint density at radius 1 is 1.03 bits per heavy atom. The molecule has 34 heavy (non-hydrogen) atoms. The van der Waals surface area contributed by atoms with Crippen molar-refractivity contribution in [2.24, 2.45) is 0 Å². The number of hydrogen-bond acceptors (Lipinski definition) is 7. The molecule has 10 heteroatoms. The minimum absolute atomic E-state index is 0.245. The van der Waals surface area contributed by atoms with Gasteiger partial charge in [0.1, 0.15) is 11.2 Å². The van der Waals surface area contributed by atoms with E-state index in [4.69, 9.17) is 4.98 Å². The first kappa shape index (κ1) is 20.6. The lowest BCUT2D eigenvalue weighted by Crippen LogP contribution is -2.11. The van der Waals surface area contributed by atoms with Gasteiger partial charge in [0.25, 0.3) is 0 Å². The fraction of sp³-hybridized carbons (Fsp3) is 0.125. The maximum Gasteiger partial charge on any atom is 0.176 e. The van der Waals surface area contributed by atoms with Crippen LogP contribution in [0, 0.1) is 5.13 Å². The van der Waals surface area contributed by atoms with Crippen LogP contribution < -0.4 is 5.32 Å². The Hall–Kier alpha value is -4.02. The molecule has 0 spiro atoms. The van der Waals surface area contributed by atoms with Gasteiger partial charge in [-0.1, -0.05) is 6.92 Å². The molecule has 0 unspecified atom stereocenters. The molecule has 0 aromatic carbocycles. The highest BCUT2D eigenvalue weighted by atomic mass is 32.1. The number of pyridine rings is 3. The molecular weight excluding hydrogens is 451 g/mol. The minimum atomic E-state index is -0.245. The molecule has 0 radical (unpaired) electrons. The van der Waals surface area contributed by atoms with E-state index in [1.807, 2.05) is 18.5 Å². The first-order chi connectivity index (χ1) is 16.7. The number of nitrogens with zero attached hydrogens (tertiary/aromatic N) is 5. The van der Waals surface area contributed by atoms with Crippen LogP contribution >= 0.6 is 11.3 Å². The van der Waals surface area contributed by atoms with E-state index in [0.717, 1.165) is 73.6 Å². The summed E-state index contributed by atoms with van der Waals surface area (Å²) in [6.07, 6.45) is 8.84. The molecular formula is C24H19FN8S. The van der Waals surface area contributed by atoms with E-state index < -0.39 is 0 Å². The third-order valence-corrected chi connectivity index (χ3v) is 6.48. The summed E-state index contributed by atoms with van der Waals surface area (Å²) >= 11 is 1.07. The number of aromatic nitrogens is 7. The van der Waals surface area contributed by atoms with E-state index in [0.29, 0.717) is 11.5 Å². The van der Waals surface area contributed by atoms with Gasteiger partial charge in [-0.05, 0) is 36.4 Å². The molecule has 0 fully saturated rings. The van der Waals surface area contributed by atoms with Gasteiger partial charge in [-0.2, -0.15) is 9.49 Å². The highest BCUT2D eigenvalue weighted by Crippen LogP contribution is 2.34. The second-order valence-corrected chi connectivity index (χ2v) is 8.86. The number of fused-ring (bicyclic) bond motifs is 2. The zero-order chi connectivity index (χ0) is 23.1. The van der Waals surface area contributed by atoms with Gasteiger partial charge in [0.05, 0.1) is 29.1 Å². The molecule has 6 rings (SSSR count). The number of nitrogens with one attached hydrogen (secondary N) is 3. The highest BCUT2D eigenvalue weighted by Gasteiger charge is 2.17. The smallest absolute Gasteiger partial charge is 0.176 e. The monoisotopic (exact) mass is 470 g/mol. The van der Waals surface area contributed by atoms with Gasteiger partial charge in [0.2, 0.25) is 0 Å². The van der Waals surface area contributed by atoms with Crippen LogP contribution in [0.4, 0.5) is 4.39 Å². The van der Waals surface area contributed by atoms with Gasteiger partial charge >= 0.3 is 0 Å². The predicted molar refractivity (Wildman–Crippen MR) is 131 cm³/mol. The molecule has 0 saturated heterocycles. The van der Waals surface area contributed by atoms with Crippen LogP contribution in [0.3, 0.4) is 0 Å². The molecule has 6 heterocycles. The Kier molecular flexibility index (Phi) is 5.08. The number of thiophene rings is 1. The Bertz CT molecular complexity index is 1630. The largest absolute Gasteiger partial charge is 0.335 e. The Morgan fingerprint density at radius 3 is 2.79 bits per heavy atom. The Morgan fingerprint density at radius 2 is 1.94 bits per heavy atom. The standard InChI is InChI=1S/C24H19FN8S/c1-2-26-7-13-5-14(9-27-8-13)17-6-15-18(12-29-17)32-33-23(15)24-30-19-11-28-10-16(22(19)31-24)20-3-4-21(25)34-20/h3-6,8-12,26H,2,7H2,1H3,(H,30,31)(H,32,33). The van der Waals surface area contributed by atoms with E-state index in [9.17, 15) is 4.39 Å². The molecule has 0 bridgehead atoms. The molecule has 0 atom stereocenters. The van der Waals surface area contributed by atoms with Gasteiger partial charge in [0, 0.05) is 46.5 Å². The van der Waals surface area contributed by atoms with Crippen molar-refractivity contribution in [2.45, 2.75) is 13.5 Å². The van der Waals surface area contributed by atoms with Crippen LogP contribution in [-0.2, 0) is 6.54 Å². The number of aromatic amines is 2. The average Bonchev–Trinajstić information content (AvgIpc) is 3.59. The SMILES string of the molecule is CCNCc1cncc(-c2cc3c(-c4nc5c(-c6ccc(F)s6)cncc5[nH]4)n[nH]c3cn2)c1. The number of H-pyrrole nitrogens is 2. The van der Waals surface area contributed by atoms with Crippen molar-refractivity contribution in [3.8, 4) is 33.2 Å². The molecule has 0 aliphatic rings. The fourth-order valence-corrected chi connectivity index (χ4v) is 4.67. The maximum atomic E-state index is 13.6. The average molecular weight is 471 g/mol. The van der Waals surface area contributed by atoms with Crippen LogP contribution in [-0.4, -0.2) is 41.7 Å². The summed E-state index contributed by atoms with van der Waals surface area (Å²) in [5, 5.41) is 11.5. The minimum Gasteiger partial charge on any atom is -0.335 e. The molecule has 0 aliphatic heterocycles. The van der Waals surface area contributed by atoms with Gasteiger partial charge in [-0.25, -0.2) is 4.98 Å². The molecule has 8 nitrogen and oxygen atoms in total. The molecule has 0 aliphatic carbocycles. The second kappa shape index (κ2) is 8.40. The number of rotatable bonds is 6. The summed E-state index contributed by atoms with van der Waals surface area (Å²) in [5.41, 5.74) is 6.55. The Labute approximate surface area is 197 Å². The van der Waals surface area contributed by atoms with E-state index in [2.05, 4.69) is 48.4 Å². The summed E-state index contributed by atoms with van der Waals surface area (Å²) in [6.45, 7) is 3.71. The summed E-state index contributed by atoms with van der Waals surface area (Å²) in [6, 6.07) is 7.27. The number of imidazole rings is 1. The first-order valence-electron chi connectivity index (χ1n) is 10.8. The summed E-state index contributed by atoms with van der Waals surface area (Å²) in [7, 11) is 0. The normalized spacial score (nSPS) is 11.6. The summed E-state index contributed by atoms with van der Waals surface area (Å²) in [4.78, 5) is 22.2. The lowest BCUT2D eigenvalue weighted by molar-refractivity contribution is 0.657. The topological polar surface area (TPSA) is 108 Å². The lowest BCUT2D eigenvalue weighted by Gasteiger charge is -2.05. The van der Waals surface area contributed by atoms with Crippen molar-refractivity contribution < 1.29 is 4.39 Å². The van der Waals surface area contributed by atoms with E-state index in [1.54, 1.807) is 24.7 Å². The molecule has 0 saturated carbocycles. The van der Waals surface area contributed by atoms with Gasteiger partial charge in [-0.3, -0.25) is 20.1 Å². The van der Waals surface area contributed by atoms with E-state index in [-0.39, 0.29) is 5.13 Å². The van der Waals surface area contributed by atoms with Crippen molar-refractivity contribution in [1.29, 1.82) is 0 Å². The van der Waals surface area contributed by atoms with Crippen LogP contribution in [0.1, 0.15) is 12.5 Å². The van der Waals surface area contributed by atoms with Crippen LogP contribution in [0.25, 0.3) is 55.2 Å². The van der Waals surface area contributed by atoms with Crippen molar-refractivity contribution >= 4 is 33.3 Å². The van der Waals surface area contributed by atoms with Gasteiger partial charge in [0.15, 0.2) is 11.0 Å². The first-order valence-corrected chi connectivity index (χ1v) is 11.6. The van der Waals surface area contributed by atoms with Crippen molar-refractivity contribution in [1.82, 2.24) is 40.4 Å².